The minimum Gasteiger partial charge on any atom is -0.385 e. The molecule has 6 heterocycles. The van der Waals surface area contributed by atoms with E-state index in [4.69, 9.17) is 9.97 Å². The Balaban J connectivity index is 0.773. The highest BCUT2D eigenvalue weighted by molar-refractivity contribution is 6.05. The Labute approximate surface area is 357 Å². The van der Waals surface area contributed by atoms with Gasteiger partial charge < -0.3 is 30.4 Å². The third kappa shape index (κ3) is 7.56. The first kappa shape index (κ1) is 40.5. The van der Waals surface area contributed by atoms with Crippen molar-refractivity contribution in [2.45, 2.75) is 76.6 Å². The molecule has 2 fully saturated rings. The van der Waals surface area contributed by atoms with Gasteiger partial charge in [0.2, 0.25) is 23.7 Å². The number of piperidine rings is 1. The standard InChI is InChI=1S/C45H49N11O6/c1-3-20-55-43(61)34-26-47-44(51-40(34)56(55)36-15-7-28-17-18-45(62,4-2)39(28)49-36)48-30-8-11-32(12-9-30)52-21-23-53(24-22-52)38(58)6-5-19-46-31-10-13-33-29(25-31)27-54(42(33)60)35-14-16-37(57)50-41(35)59/h3,7-13,15,25-26,35,46,62H,1,4-6,14,16-24,27H2,2H3,(H,47,48,51)(H,50,57,59)/t35?,45-/m1/s1. The van der Waals surface area contributed by atoms with Crippen LogP contribution in [-0.2, 0) is 39.5 Å². The summed E-state index contributed by atoms with van der Waals surface area (Å²) in [5.74, 6) is -0.0415. The molecule has 0 bridgehead atoms. The highest BCUT2D eigenvalue weighted by Crippen LogP contribution is 2.38. The Kier molecular flexibility index (Phi) is 10.8. The zero-order valence-corrected chi connectivity index (χ0v) is 34.6. The van der Waals surface area contributed by atoms with E-state index in [0.717, 1.165) is 34.6 Å². The van der Waals surface area contributed by atoms with E-state index in [1.165, 1.54) is 15.8 Å². The minimum atomic E-state index is -1.01. The van der Waals surface area contributed by atoms with Crippen LogP contribution in [0, 0.1) is 0 Å². The number of fused-ring (bicyclic) bond motifs is 3. The molecule has 2 saturated heterocycles. The molecule has 2 aromatic carbocycles. The number of hydrogen-bond donors (Lipinski definition) is 4. The Morgan fingerprint density at radius 3 is 2.53 bits per heavy atom. The van der Waals surface area contributed by atoms with Gasteiger partial charge in [0.1, 0.15) is 17.0 Å². The molecule has 5 aromatic rings. The summed E-state index contributed by atoms with van der Waals surface area (Å²) in [6.45, 7) is 9.56. The molecule has 3 aliphatic heterocycles. The number of benzene rings is 2. The number of aryl methyl sites for hydroxylation is 1. The highest BCUT2D eigenvalue weighted by Gasteiger charge is 2.40. The van der Waals surface area contributed by atoms with Gasteiger partial charge in [0.05, 0.1) is 12.2 Å². The van der Waals surface area contributed by atoms with Gasteiger partial charge in [0.15, 0.2) is 11.5 Å². The number of piperazine rings is 1. The van der Waals surface area contributed by atoms with Crippen LogP contribution >= 0.6 is 0 Å². The van der Waals surface area contributed by atoms with Gasteiger partial charge in [0.25, 0.3) is 11.5 Å². The molecule has 0 saturated carbocycles. The first-order valence-corrected chi connectivity index (χ1v) is 21.3. The number of nitrogens with one attached hydrogen (secondary N) is 3. The van der Waals surface area contributed by atoms with E-state index in [1.54, 1.807) is 16.8 Å². The van der Waals surface area contributed by atoms with Gasteiger partial charge in [-0.2, -0.15) is 4.98 Å². The number of rotatable bonds is 13. The van der Waals surface area contributed by atoms with E-state index in [2.05, 4.69) is 32.4 Å². The molecule has 0 spiro atoms. The average molecular weight is 840 g/mol. The molecular weight excluding hydrogens is 791 g/mol. The van der Waals surface area contributed by atoms with Crippen molar-refractivity contribution in [3.63, 3.8) is 0 Å². The van der Waals surface area contributed by atoms with Gasteiger partial charge in [-0.05, 0) is 91.8 Å². The zero-order chi connectivity index (χ0) is 43.1. The summed E-state index contributed by atoms with van der Waals surface area (Å²) in [5.41, 5.74) is 4.79. The quantitative estimate of drug-likeness (QED) is 0.0762. The lowest BCUT2D eigenvalue weighted by atomic mass is 9.98. The minimum absolute atomic E-state index is 0.113. The molecule has 4 aliphatic rings. The summed E-state index contributed by atoms with van der Waals surface area (Å²) in [7, 11) is 0. The van der Waals surface area contributed by atoms with Crippen molar-refractivity contribution in [2.75, 3.05) is 48.3 Å². The van der Waals surface area contributed by atoms with Crippen molar-refractivity contribution in [3.8, 4) is 5.82 Å². The highest BCUT2D eigenvalue weighted by atomic mass is 16.3. The molecule has 62 heavy (non-hydrogen) atoms. The summed E-state index contributed by atoms with van der Waals surface area (Å²) < 4.78 is 3.20. The molecule has 1 unspecified atom stereocenters. The van der Waals surface area contributed by atoms with Gasteiger partial charge in [-0.3, -0.25) is 29.3 Å². The second-order valence-electron chi connectivity index (χ2n) is 16.3. The van der Waals surface area contributed by atoms with Crippen molar-refractivity contribution in [1.82, 2.24) is 39.4 Å². The van der Waals surface area contributed by atoms with Crippen LogP contribution in [-0.4, -0.2) is 102 Å². The Morgan fingerprint density at radius 2 is 1.77 bits per heavy atom. The lowest BCUT2D eigenvalue weighted by Gasteiger charge is -2.36. The number of amides is 4. The van der Waals surface area contributed by atoms with Crippen LogP contribution < -0.4 is 26.4 Å². The number of carbonyl (C=O) groups is 4. The maximum absolute atomic E-state index is 13.5. The number of imide groups is 1. The fourth-order valence-electron chi connectivity index (χ4n) is 9.03. The van der Waals surface area contributed by atoms with Gasteiger partial charge in [-0.1, -0.05) is 19.1 Å². The van der Waals surface area contributed by atoms with Crippen LogP contribution in [0.1, 0.15) is 72.6 Å². The fraction of sp³-hybridized carbons (Fsp3) is 0.378. The third-order valence-electron chi connectivity index (χ3n) is 12.5. The molecule has 4 N–H and O–H groups in total. The maximum atomic E-state index is 13.5. The van der Waals surface area contributed by atoms with E-state index in [-0.39, 0.29) is 36.2 Å². The van der Waals surface area contributed by atoms with Gasteiger partial charge >= 0.3 is 0 Å². The summed E-state index contributed by atoms with van der Waals surface area (Å²) in [5, 5.41) is 20.6. The predicted octanol–water partition coefficient (Wildman–Crippen LogP) is 3.75. The smallest absolute Gasteiger partial charge is 0.278 e. The molecule has 9 rings (SSSR count). The fourth-order valence-corrected chi connectivity index (χ4v) is 9.03. The lowest BCUT2D eigenvalue weighted by Crippen LogP contribution is -2.52. The first-order valence-electron chi connectivity index (χ1n) is 21.3. The molecule has 3 aromatic heterocycles. The number of carbonyl (C=O) groups excluding carboxylic acids is 4. The number of hydrogen-bond acceptors (Lipinski definition) is 12. The van der Waals surface area contributed by atoms with Crippen molar-refractivity contribution in [1.29, 1.82) is 0 Å². The molecule has 2 atom stereocenters. The van der Waals surface area contributed by atoms with Crippen LogP contribution in [0.15, 0.2) is 78.2 Å². The zero-order valence-electron chi connectivity index (χ0n) is 34.6. The lowest BCUT2D eigenvalue weighted by molar-refractivity contribution is -0.137. The van der Waals surface area contributed by atoms with Crippen molar-refractivity contribution >= 4 is 57.7 Å². The molecular formula is C45H49N11O6. The van der Waals surface area contributed by atoms with Gasteiger partial charge in [-0.25, -0.2) is 19.3 Å². The van der Waals surface area contributed by atoms with E-state index < -0.39 is 17.6 Å². The van der Waals surface area contributed by atoms with E-state index in [0.29, 0.717) is 105 Å². The van der Waals surface area contributed by atoms with Crippen LogP contribution in [0.4, 0.5) is 23.0 Å². The Morgan fingerprint density at radius 1 is 0.984 bits per heavy atom. The summed E-state index contributed by atoms with van der Waals surface area (Å²) >= 11 is 0. The summed E-state index contributed by atoms with van der Waals surface area (Å²) in [4.78, 5) is 83.4. The molecule has 17 heteroatoms. The van der Waals surface area contributed by atoms with Crippen LogP contribution in [0.25, 0.3) is 16.9 Å². The third-order valence-corrected chi connectivity index (χ3v) is 12.5. The monoisotopic (exact) mass is 839 g/mol. The molecule has 17 nitrogen and oxygen atoms in total. The average Bonchev–Trinajstić information content (AvgIpc) is 3.89. The second kappa shape index (κ2) is 16.5. The van der Waals surface area contributed by atoms with Crippen molar-refractivity contribution < 1.29 is 24.3 Å². The molecule has 4 amide bonds. The first-order chi connectivity index (χ1) is 30.0. The number of pyridine rings is 1. The summed E-state index contributed by atoms with van der Waals surface area (Å²) in [6, 6.07) is 16.6. The molecule has 1 aliphatic carbocycles. The van der Waals surface area contributed by atoms with Crippen LogP contribution in [0.5, 0.6) is 0 Å². The Hall–Kier alpha value is -6.88. The SMILES string of the molecule is C=CCn1c(=O)c2cnc(Nc3ccc(N4CCN(C(=O)CCCNc5ccc6c(c5)CN(C5CCC(=O)NC5=O)C6=O)CC4)cc3)nc2n1-c1ccc2c(n1)[C@@](O)(CC)CC2. The second-order valence-corrected chi connectivity index (χ2v) is 16.3. The van der Waals surface area contributed by atoms with Gasteiger partial charge in [0, 0.05) is 80.9 Å². The number of anilines is 4. The number of nitrogens with zero attached hydrogens (tertiary/aromatic N) is 8. The number of aromatic nitrogens is 5. The van der Waals surface area contributed by atoms with Crippen molar-refractivity contribution in [3.05, 3.63) is 106 Å². The topological polar surface area (TPSA) is 200 Å². The molecule has 0 radical (unpaired) electrons. The molecule has 320 valence electrons. The van der Waals surface area contributed by atoms with E-state index in [1.807, 2.05) is 60.4 Å². The summed E-state index contributed by atoms with van der Waals surface area (Å²) in [6.07, 6.45) is 6.65. The van der Waals surface area contributed by atoms with Crippen molar-refractivity contribution in [2.24, 2.45) is 0 Å². The number of aliphatic hydroxyl groups is 1. The normalized spacial score (nSPS) is 19.7. The van der Waals surface area contributed by atoms with Gasteiger partial charge in [-0.15, -0.1) is 6.58 Å². The van der Waals surface area contributed by atoms with E-state index >= 15 is 0 Å². The predicted molar refractivity (Wildman–Crippen MR) is 232 cm³/mol. The van der Waals surface area contributed by atoms with E-state index in [9.17, 15) is 29.1 Å². The van der Waals surface area contributed by atoms with Crippen LogP contribution in [0.2, 0.25) is 0 Å². The number of allylic oxidation sites excluding steroid dienone is 1. The largest absolute Gasteiger partial charge is 0.385 e. The maximum Gasteiger partial charge on any atom is 0.278 e. The van der Waals surface area contributed by atoms with Crippen LogP contribution in [0.3, 0.4) is 0 Å². The Bertz CT molecular complexity index is 2670.